The lowest BCUT2D eigenvalue weighted by Crippen LogP contribution is -2.43. The van der Waals surface area contributed by atoms with Gasteiger partial charge in [-0.05, 0) is 37.8 Å². The Morgan fingerprint density at radius 2 is 2.16 bits per heavy atom. The van der Waals surface area contributed by atoms with Crippen LogP contribution in [0, 0.1) is 5.92 Å². The zero-order chi connectivity index (χ0) is 14.0. The maximum atomic E-state index is 11.9. The normalized spacial score (nSPS) is 23.2. The van der Waals surface area contributed by atoms with Crippen LogP contribution in [0.25, 0.3) is 0 Å². The average molecular weight is 262 g/mol. The Balaban J connectivity index is 2.45. The molecule has 2 N–H and O–H groups in total. The topological polar surface area (TPSA) is 55.6 Å². The standard InChI is InChI=1S/C15H22N2O2/c1-10-6-5-9-17(11(10)2)14-12(15(18)19-3)7-4-8-13(14)16/h4,7-8,10-11H,5-6,9,16H2,1-3H3. The van der Waals surface area contributed by atoms with Gasteiger partial charge < -0.3 is 15.4 Å². The van der Waals surface area contributed by atoms with Crippen LogP contribution in [0.4, 0.5) is 11.4 Å². The van der Waals surface area contributed by atoms with Crippen LogP contribution in [0.15, 0.2) is 18.2 Å². The number of nitrogen functional groups attached to an aromatic ring is 1. The van der Waals surface area contributed by atoms with Crippen LogP contribution in [0.5, 0.6) is 0 Å². The van der Waals surface area contributed by atoms with Crippen molar-refractivity contribution < 1.29 is 9.53 Å². The first-order chi connectivity index (χ1) is 9.06. The van der Waals surface area contributed by atoms with E-state index in [1.54, 1.807) is 12.1 Å². The summed E-state index contributed by atoms with van der Waals surface area (Å²) in [4.78, 5) is 14.2. The van der Waals surface area contributed by atoms with Crippen molar-refractivity contribution in [2.45, 2.75) is 32.7 Å². The summed E-state index contributed by atoms with van der Waals surface area (Å²) >= 11 is 0. The van der Waals surface area contributed by atoms with Gasteiger partial charge in [0, 0.05) is 12.6 Å². The number of rotatable bonds is 2. The van der Waals surface area contributed by atoms with E-state index in [4.69, 9.17) is 10.5 Å². The number of para-hydroxylation sites is 1. The smallest absolute Gasteiger partial charge is 0.340 e. The van der Waals surface area contributed by atoms with Gasteiger partial charge in [0.1, 0.15) is 0 Å². The molecule has 1 aromatic carbocycles. The van der Waals surface area contributed by atoms with Gasteiger partial charge in [0.05, 0.1) is 24.0 Å². The van der Waals surface area contributed by atoms with Crippen LogP contribution in [0.1, 0.15) is 37.0 Å². The summed E-state index contributed by atoms with van der Waals surface area (Å²) in [6, 6.07) is 5.79. The molecule has 0 aliphatic carbocycles. The Morgan fingerprint density at radius 3 is 2.84 bits per heavy atom. The molecule has 4 nitrogen and oxygen atoms in total. The summed E-state index contributed by atoms with van der Waals surface area (Å²) in [6.45, 7) is 5.37. The number of anilines is 2. The SMILES string of the molecule is COC(=O)c1cccc(N)c1N1CCCC(C)C1C. The Kier molecular flexibility index (Phi) is 3.98. The monoisotopic (exact) mass is 262 g/mol. The van der Waals surface area contributed by atoms with Crippen molar-refractivity contribution in [2.24, 2.45) is 5.92 Å². The fourth-order valence-electron chi connectivity index (χ4n) is 2.81. The van der Waals surface area contributed by atoms with E-state index in [-0.39, 0.29) is 5.97 Å². The molecule has 1 heterocycles. The van der Waals surface area contributed by atoms with Crippen LogP contribution in [0.2, 0.25) is 0 Å². The van der Waals surface area contributed by atoms with E-state index in [0.717, 1.165) is 18.7 Å². The van der Waals surface area contributed by atoms with E-state index < -0.39 is 0 Å². The third kappa shape index (κ3) is 2.53. The molecule has 1 fully saturated rings. The molecular weight excluding hydrogens is 240 g/mol. The zero-order valence-corrected chi connectivity index (χ0v) is 11.8. The van der Waals surface area contributed by atoms with E-state index in [2.05, 4.69) is 18.7 Å². The maximum absolute atomic E-state index is 11.9. The van der Waals surface area contributed by atoms with Crippen molar-refractivity contribution in [3.05, 3.63) is 23.8 Å². The molecule has 1 aliphatic rings. The van der Waals surface area contributed by atoms with E-state index in [9.17, 15) is 4.79 Å². The summed E-state index contributed by atoms with van der Waals surface area (Å²) in [7, 11) is 1.40. The lowest BCUT2D eigenvalue weighted by molar-refractivity contribution is 0.0601. The van der Waals surface area contributed by atoms with Crippen LogP contribution in [-0.4, -0.2) is 25.7 Å². The van der Waals surface area contributed by atoms with Crippen LogP contribution < -0.4 is 10.6 Å². The number of methoxy groups -OCH3 is 1. The van der Waals surface area contributed by atoms with Gasteiger partial charge in [-0.15, -0.1) is 0 Å². The molecular formula is C15H22N2O2. The number of ether oxygens (including phenoxy) is 1. The second-order valence-corrected chi connectivity index (χ2v) is 5.29. The van der Waals surface area contributed by atoms with Gasteiger partial charge in [-0.25, -0.2) is 4.79 Å². The molecule has 1 aliphatic heterocycles. The van der Waals surface area contributed by atoms with E-state index in [0.29, 0.717) is 23.2 Å². The van der Waals surface area contributed by atoms with Gasteiger partial charge in [0.15, 0.2) is 0 Å². The summed E-state index contributed by atoms with van der Waals surface area (Å²) in [5.74, 6) is 0.270. The molecule has 0 amide bonds. The third-order valence-corrected chi connectivity index (χ3v) is 4.13. The first kappa shape index (κ1) is 13.7. The highest BCUT2D eigenvalue weighted by molar-refractivity contribution is 5.99. The van der Waals surface area contributed by atoms with Crippen LogP contribution >= 0.6 is 0 Å². The van der Waals surface area contributed by atoms with Crippen LogP contribution in [-0.2, 0) is 4.74 Å². The lowest BCUT2D eigenvalue weighted by Gasteiger charge is -2.40. The Hall–Kier alpha value is -1.71. The number of hydrogen-bond donors (Lipinski definition) is 1. The lowest BCUT2D eigenvalue weighted by atomic mass is 9.91. The summed E-state index contributed by atoms with van der Waals surface area (Å²) < 4.78 is 4.86. The Morgan fingerprint density at radius 1 is 1.42 bits per heavy atom. The number of piperidine rings is 1. The summed E-state index contributed by atoms with van der Waals surface area (Å²) in [5.41, 5.74) is 8.13. The molecule has 4 heteroatoms. The molecule has 1 aromatic rings. The van der Waals surface area contributed by atoms with Crippen molar-refractivity contribution >= 4 is 17.3 Å². The average Bonchev–Trinajstić information content (AvgIpc) is 2.41. The number of nitrogens with zero attached hydrogens (tertiary/aromatic N) is 1. The predicted octanol–water partition coefficient (Wildman–Crippen LogP) is 2.68. The van der Waals surface area contributed by atoms with Crippen molar-refractivity contribution in [1.29, 1.82) is 0 Å². The second kappa shape index (κ2) is 5.51. The third-order valence-electron chi connectivity index (χ3n) is 4.13. The van der Waals surface area contributed by atoms with E-state index >= 15 is 0 Å². The van der Waals surface area contributed by atoms with Crippen molar-refractivity contribution in [3.63, 3.8) is 0 Å². The molecule has 0 saturated carbocycles. The molecule has 0 bridgehead atoms. The minimum absolute atomic E-state index is 0.326. The first-order valence-corrected chi connectivity index (χ1v) is 6.79. The molecule has 0 aromatic heterocycles. The highest BCUT2D eigenvalue weighted by atomic mass is 16.5. The van der Waals surface area contributed by atoms with Crippen molar-refractivity contribution in [2.75, 3.05) is 24.3 Å². The van der Waals surface area contributed by atoms with Gasteiger partial charge in [-0.3, -0.25) is 0 Å². The summed E-state index contributed by atoms with van der Waals surface area (Å²) in [6.07, 6.45) is 2.35. The Bertz CT molecular complexity index is 473. The van der Waals surface area contributed by atoms with Gasteiger partial charge in [-0.1, -0.05) is 13.0 Å². The van der Waals surface area contributed by atoms with Crippen molar-refractivity contribution in [3.8, 4) is 0 Å². The van der Waals surface area contributed by atoms with Gasteiger partial charge in [-0.2, -0.15) is 0 Å². The quantitative estimate of drug-likeness (QED) is 0.657. The highest BCUT2D eigenvalue weighted by Gasteiger charge is 2.29. The van der Waals surface area contributed by atoms with Crippen molar-refractivity contribution in [1.82, 2.24) is 0 Å². The molecule has 2 rings (SSSR count). The van der Waals surface area contributed by atoms with Gasteiger partial charge in [0.25, 0.3) is 0 Å². The molecule has 1 saturated heterocycles. The number of benzene rings is 1. The molecule has 104 valence electrons. The predicted molar refractivity (Wildman–Crippen MR) is 77.4 cm³/mol. The molecule has 2 atom stereocenters. The minimum Gasteiger partial charge on any atom is -0.465 e. The largest absolute Gasteiger partial charge is 0.465 e. The van der Waals surface area contributed by atoms with E-state index in [1.165, 1.54) is 13.5 Å². The van der Waals surface area contributed by atoms with Gasteiger partial charge >= 0.3 is 5.97 Å². The number of hydrogen-bond acceptors (Lipinski definition) is 4. The fraction of sp³-hybridized carbons (Fsp3) is 0.533. The minimum atomic E-state index is -0.326. The number of nitrogens with two attached hydrogens (primary N) is 1. The highest BCUT2D eigenvalue weighted by Crippen LogP contribution is 2.35. The zero-order valence-electron chi connectivity index (χ0n) is 11.8. The number of carbonyl (C=O) groups excluding carboxylic acids is 1. The number of carbonyl (C=O) groups is 1. The molecule has 0 spiro atoms. The maximum Gasteiger partial charge on any atom is 0.340 e. The molecule has 0 radical (unpaired) electrons. The first-order valence-electron chi connectivity index (χ1n) is 6.79. The number of esters is 1. The van der Waals surface area contributed by atoms with E-state index in [1.807, 2.05) is 6.07 Å². The molecule has 19 heavy (non-hydrogen) atoms. The fourth-order valence-corrected chi connectivity index (χ4v) is 2.81. The summed E-state index contributed by atoms with van der Waals surface area (Å²) in [5, 5.41) is 0. The van der Waals surface area contributed by atoms with Gasteiger partial charge in [0.2, 0.25) is 0 Å². The van der Waals surface area contributed by atoms with Crippen LogP contribution in [0.3, 0.4) is 0 Å². The molecule has 2 unspecified atom stereocenters. The second-order valence-electron chi connectivity index (χ2n) is 5.29. The Labute approximate surface area is 114 Å².